The van der Waals surface area contributed by atoms with Gasteiger partial charge in [0.2, 0.25) is 5.91 Å². The molecule has 1 rings (SSSR count). The maximum atomic E-state index is 12.5. The molecule has 20 heavy (non-hydrogen) atoms. The van der Waals surface area contributed by atoms with E-state index >= 15 is 0 Å². The molecule has 5 heteroatoms. The standard InChI is InChI=1S/C15H22N2O3/c1-11(2)17(8-5-9-18)15(20)13-6-4-7-14(10-13)16-12(3)19/h4,6-7,10-11,18H,5,8-9H2,1-3H3,(H,16,19). The molecular weight excluding hydrogens is 256 g/mol. The average Bonchev–Trinajstić information content (AvgIpc) is 2.38. The maximum Gasteiger partial charge on any atom is 0.254 e. The molecule has 1 aromatic rings. The van der Waals surface area contributed by atoms with Crippen LogP contribution in [0.3, 0.4) is 0 Å². The van der Waals surface area contributed by atoms with E-state index in [2.05, 4.69) is 5.32 Å². The number of hydrogen-bond acceptors (Lipinski definition) is 3. The zero-order valence-electron chi connectivity index (χ0n) is 12.2. The van der Waals surface area contributed by atoms with E-state index in [9.17, 15) is 9.59 Å². The van der Waals surface area contributed by atoms with E-state index in [4.69, 9.17) is 5.11 Å². The second kappa shape index (κ2) is 7.65. The molecule has 0 heterocycles. The largest absolute Gasteiger partial charge is 0.396 e. The average molecular weight is 278 g/mol. The summed E-state index contributed by atoms with van der Waals surface area (Å²) in [5.41, 5.74) is 1.14. The van der Waals surface area contributed by atoms with Gasteiger partial charge in [-0.3, -0.25) is 9.59 Å². The van der Waals surface area contributed by atoms with Crippen LogP contribution >= 0.6 is 0 Å². The molecule has 0 aromatic heterocycles. The number of anilines is 1. The van der Waals surface area contributed by atoms with Gasteiger partial charge >= 0.3 is 0 Å². The Morgan fingerprint density at radius 1 is 1.35 bits per heavy atom. The molecule has 2 N–H and O–H groups in total. The minimum absolute atomic E-state index is 0.0541. The number of rotatable bonds is 6. The van der Waals surface area contributed by atoms with Crippen molar-refractivity contribution in [2.75, 3.05) is 18.5 Å². The van der Waals surface area contributed by atoms with Crippen molar-refractivity contribution in [3.05, 3.63) is 29.8 Å². The number of carbonyl (C=O) groups is 2. The summed E-state index contributed by atoms with van der Waals surface area (Å²) in [6, 6.07) is 6.92. The molecule has 0 aliphatic heterocycles. The quantitative estimate of drug-likeness (QED) is 0.834. The van der Waals surface area contributed by atoms with Crippen LogP contribution in [0.5, 0.6) is 0 Å². The van der Waals surface area contributed by atoms with Gasteiger partial charge in [-0.1, -0.05) is 6.07 Å². The lowest BCUT2D eigenvalue weighted by atomic mass is 10.1. The summed E-state index contributed by atoms with van der Waals surface area (Å²) in [4.78, 5) is 25.2. The maximum absolute atomic E-state index is 12.5. The monoisotopic (exact) mass is 278 g/mol. The van der Waals surface area contributed by atoms with Crippen molar-refractivity contribution in [3.63, 3.8) is 0 Å². The van der Waals surface area contributed by atoms with Gasteiger partial charge < -0.3 is 15.3 Å². The van der Waals surface area contributed by atoms with Gasteiger partial charge in [0.05, 0.1) is 0 Å². The van der Waals surface area contributed by atoms with Crippen LogP contribution in [-0.2, 0) is 4.79 Å². The number of hydrogen-bond donors (Lipinski definition) is 2. The molecule has 0 saturated heterocycles. The van der Waals surface area contributed by atoms with E-state index in [1.165, 1.54) is 6.92 Å². The van der Waals surface area contributed by atoms with E-state index in [1.807, 2.05) is 13.8 Å². The Morgan fingerprint density at radius 3 is 2.60 bits per heavy atom. The molecule has 0 bridgehead atoms. The molecule has 0 unspecified atom stereocenters. The highest BCUT2D eigenvalue weighted by molar-refractivity contribution is 5.96. The zero-order chi connectivity index (χ0) is 15.1. The summed E-state index contributed by atoms with van der Waals surface area (Å²) in [5, 5.41) is 11.6. The van der Waals surface area contributed by atoms with Gasteiger partial charge in [-0.15, -0.1) is 0 Å². The first-order valence-corrected chi connectivity index (χ1v) is 6.75. The Hall–Kier alpha value is -1.88. The van der Waals surface area contributed by atoms with Crippen molar-refractivity contribution in [2.45, 2.75) is 33.2 Å². The number of benzene rings is 1. The predicted octanol–water partition coefficient (Wildman–Crippen LogP) is 1.88. The third-order valence-corrected chi connectivity index (χ3v) is 2.87. The third kappa shape index (κ3) is 4.66. The number of aliphatic hydroxyl groups is 1. The van der Waals surface area contributed by atoms with Gasteiger partial charge in [0.25, 0.3) is 5.91 Å². The first-order valence-electron chi connectivity index (χ1n) is 6.75. The molecule has 0 atom stereocenters. The lowest BCUT2D eigenvalue weighted by Crippen LogP contribution is -2.38. The summed E-state index contributed by atoms with van der Waals surface area (Å²) in [5.74, 6) is -0.267. The fraction of sp³-hybridized carbons (Fsp3) is 0.467. The van der Waals surface area contributed by atoms with Gasteiger partial charge in [-0.05, 0) is 38.5 Å². The summed E-state index contributed by atoms with van der Waals surface area (Å²) in [7, 11) is 0. The molecule has 0 spiro atoms. The van der Waals surface area contributed by atoms with E-state index in [1.54, 1.807) is 29.2 Å². The van der Waals surface area contributed by atoms with Crippen LogP contribution in [0.2, 0.25) is 0 Å². The van der Waals surface area contributed by atoms with Gasteiger partial charge in [0, 0.05) is 37.4 Å². The minimum Gasteiger partial charge on any atom is -0.396 e. The van der Waals surface area contributed by atoms with Crippen molar-refractivity contribution < 1.29 is 14.7 Å². The number of nitrogens with one attached hydrogen (secondary N) is 1. The van der Waals surface area contributed by atoms with Crippen molar-refractivity contribution in [3.8, 4) is 0 Å². The van der Waals surface area contributed by atoms with Gasteiger partial charge in [-0.25, -0.2) is 0 Å². The number of carbonyl (C=O) groups excluding carboxylic acids is 2. The summed E-state index contributed by atoms with van der Waals surface area (Å²) in [6.45, 7) is 5.87. The fourth-order valence-electron chi connectivity index (χ4n) is 1.93. The van der Waals surface area contributed by atoms with Crippen LogP contribution < -0.4 is 5.32 Å². The van der Waals surface area contributed by atoms with Crippen LogP contribution in [0, 0.1) is 0 Å². The molecule has 110 valence electrons. The van der Waals surface area contributed by atoms with Crippen LogP contribution in [0.4, 0.5) is 5.69 Å². The highest BCUT2D eigenvalue weighted by Gasteiger charge is 2.18. The first kappa shape index (κ1) is 16.2. The second-order valence-corrected chi connectivity index (χ2v) is 4.93. The molecule has 0 radical (unpaired) electrons. The molecular formula is C15H22N2O3. The zero-order valence-corrected chi connectivity index (χ0v) is 12.2. The van der Waals surface area contributed by atoms with Crippen LogP contribution in [0.15, 0.2) is 24.3 Å². The highest BCUT2D eigenvalue weighted by atomic mass is 16.3. The topological polar surface area (TPSA) is 69.6 Å². The summed E-state index contributed by atoms with van der Waals surface area (Å²) < 4.78 is 0. The fourth-order valence-corrected chi connectivity index (χ4v) is 1.93. The van der Waals surface area contributed by atoms with E-state index in [-0.39, 0.29) is 24.5 Å². The lowest BCUT2D eigenvalue weighted by molar-refractivity contribution is -0.114. The summed E-state index contributed by atoms with van der Waals surface area (Å²) in [6.07, 6.45) is 0.551. The van der Waals surface area contributed by atoms with Crippen molar-refractivity contribution >= 4 is 17.5 Å². The van der Waals surface area contributed by atoms with Crippen LogP contribution in [0.1, 0.15) is 37.6 Å². The molecule has 2 amide bonds. The number of aliphatic hydroxyl groups excluding tert-OH is 1. The van der Waals surface area contributed by atoms with Gasteiger partial charge in [0.1, 0.15) is 0 Å². The Labute approximate surface area is 119 Å². The lowest BCUT2D eigenvalue weighted by Gasteiger charge is -2.26. The van der Waals surface area contributed by atoms with Crippen molar-refractivity contribution in [1.29, 1.82) is 0 Å². The van der Waals surface area contributed by atoms with Gasteiger partial charge in [-0.2, -0.15) is 0 Å². The minimum atomic E-state index is -0.171. The van der Waals surface area contributed by atoms with Crippen molar-refractivity contribution in [1.82, 2.24) is 4.90 Å². The normalized spacial score (nSPS) is 10.4. The van der Waals surface area contributed by atoms with Crippen LogP contribution in [0.25, 0.3) is 0 Å². The van der Waals surface area contributed by atoms with E-state index < -0.39 is 0 Å². The molecule has 5 nitrogen and oxygen atoms in total. The third-order valence-electron chi connectivity index (χ3n) is 2.87. The highest BCUT2D eigenvalue weighted by Crippen LogP contribution is 2.14. The second-order valence-electron chi connectivity index (χ2n) is 4.93. The Morgan fingerprint density at radius 2 is 2.05 bits per heavy atom. The molecule has 0 aliphatic rings. The Balaban J connectivity index is 2.90. The van der Waals surface area contributed by atoms with Gasteiger partial charge in [0.15, 0.2) is 0 Å². The summed E-state index contributed by atoms with van der Waals surface area (Å²) >= 11 is 0. The number of amides is 2. The molecule has 0 fully saturated rings. The molecule has 0 aliphatic carbocycles. The number of nitrogens with zero attached hydrogens (tertiary/aromatic N) is 1. The SMILES string of the molecule is CC(=O)Nc1cccc(C(=O)N(CCCO)C(C)C)c1. The first-order chi connectivity index (χ1) is 9.45. The smallest absolute Gasteiger partial charge is 0.254 e. The Bertz CT molecular complexity index is 472. The molecule has 0 saturated carbocycles. The Kier molecular flexibility index (Phi) is 6.18. The van der Waals surface area contributed by atoms with E-state index in [0.717, 1.165) is 0 Å². The van der Waals surface area contributed by atoms with E-state index in [0.29, 0.717) is 24.2 Å². The van der Waals surface area contributed by atoms with Crippen molar-refractivity contribution in [2.24, 2.45) is 0 Å². The predicted molar refractivity (Wildman–Crippen MR) is 78.6 cm³/mol. The van der Waals surface area contributed by atoms with Crippen LogP contribution in [-0.4, -0.2) is 41.0 Å². The molecule has 1 aromatic carbocycles.